The molecule has 3 nitrogen and oxygen atoms in total. The van der Waals surface area contributed by atoms with Gasteiger partial charge in [-0.15, -0.1) is 0 Å². The number of ether oxygens (including phenoxy) is 1. The minimum absolute atomic E-state index is 0.318. The third-order valence-corrected chi connectivity index (χ3v) is 4.80. The quantitative estimate of drug-likeness (QED) is 0.663. The molecule has 2 aliphatic rings. The summed E-state index contributed by atoms with van der Waals surface area (Å²) in [6.45, 7) is 0. The van der Waals surface area contributed by atoms with Gasteiger partial charge >= 0.3 is 5.97 Å². The van der Waals surface area contributed by atoms with Crippen molar-refractivity contribution < 1.29 is 9.53 Å². The lowest BCUT2D eigenvalue weighted by atomic mass is 9.92. The molecule has 0 spiro atoms. The van der Waals surface area contributed by atoms with E-state index in [-0.39, 0.29) is 5.97 Å². The highest BCUT2D eigenvalue weighted by atomic mass is 16.5. The minimum Gasteiger partial charge on any atom is -0.466 e. The second-order valence-electron chi connectivity index (χ2n) is 5.97. The van der Waals surface area contributed by atoms with Crippen LogP contribution in [0.15, 0.2) is 24.3 Å². The molecule has 3 heteroatoms. The van der Waals surface area contributed by atoms with Crippen LogP contribution in [-0.2, 0) is 22.4 Å². The Morgan fingerprint density at radius 1 is 1.25 bits per heavy atom. The molecular formula is C17H21NO2. The molecule has 1 fully saturated rings. The zero-order valence-corrected chi connectivity index (χ0v) is 11.8. The van der Waals surface area contributed by atoms with Gasteiger partial charge in [-0.25, -0.2) is 4.79 Å². The van der Waals surface area contributed by atoms with Crippen molar-refractivity contribution in [1.82, 2.24) is 0 Å². The van der Waals surface area contributed by atoms with Gasteiger partial charge in [0.15, 0.2) is 0 Å². The average molecular weight is 271 g/mol. The maximum Gasteiger partial charge on any atom is 0.330 e. The van der Waals surface area contributed by atoms with Crippen LogP contribution in [0.2, 0.25) is 0 Å². The Balaban J connectivity index is 1.85. The predicted octanol–water partition coefficient (Wildman–Crippen LogP) is 2.32. The molecule has 0 amide bonds. The molecule has 3 rings (SSSR count). The van der Waals surface area contributed by atoms with Crippen LogP contribution in [0.4, 0.5) is 0 Å². The molecule has 0 aliphatic heterocycles. The van der Waals surface area contributed by atoms with Gasteiger partial charge in [-0.2, -0.15) is 0 Å². The van der Waals surface area contributed by atoms with Crippen molar-refractivity contribution in [3.63, 3.8) is 0 Å². The number of hydrogen-bond acceptors (Lipinski definition) is 3. The molecule has 0 aromatic heterocycles. The molecule has 3 unspecified atom stereocenters. The Kier molecular flexibility index (Phi) is 3.62. The Morgan fingerprint density at radius 3 is 2.65 bits per heavy atom. The molecule has 20 heavy (non-hydrogen) atoms. The zero-order valence-electron chi connectivity index (χ0n) is 11.8. The zero-order chi connectivity index (χ0) is 14.1. The number of benzene rings is 1. The lowest BCUT2D eigenvalue weighted by Gasteiger charge is -2.15. The van der Waals surface area contributed by atoms with E-state index in [1.54, 1.807) is 0 Å². The highest BCUT2D eigenvalue weighted by molar-refractivity contribution is 5.86. The van der Waals surface area contributed by atoms with Crippen molar-refractivity contribution in [2.75, 3.05) is 7.11 Å². The van der Waals surface area contributed by atoms with Crippen LogP contribution in [0.1, 0.15) is 29.5 Å². The van der Waals surface area contributed by atoms with Gasteiger partial charge in [0.2, 0.25) is 0 Å². The molecule has 3 atom stereocenters. The number of esters is 1. The second-order valence-corrected chi connectivity index (χ2v) is 5.97. The predicted molar refractivity (Wildman–Crippen MR) is 79.1 cm³/mol. The number of hydrogen-bond donors (Lipinski definition) is 1. The summed E-state index contributed by atoms with van der Waals surface area (Å²) in [4.78, 5) is 11.2. The Hall–Kier alpha value is -1.61. The van der Waals surface area contributed by atoms with Gasteiger partial charge in [-0.05, 0) is 60.3 Å². The first kappa shape index (κ1) is 13.4. The minimum atomic E-state index is -0.318. The normalized spacial score (nSPS) is 28.2. The fraction of sp³-hybridized carbons (Fsp3) is 0.471. The lowest BCUT2D eigenvalue weighted by molar-refractivity contribution is -0.134. The number of carbonyl (C=O) groups is 1. The highest BCUT2D eigenvalue weighted by Crippen LogP contribution is 2.39. The Morgan fingerprint density at radius 2 is 1.95 bits per heavy atom. The summed E-state index contributed by atoms with van der Waals surface area (Å²) in [5.41, 5.74) is 10.2. The molecule has 0 saturated heterocycles. The first-order chi connectivity index (χ1) is 9.67. The van der Waals surface area contributed by atoms with Crippen molar-refractivity contribution in [3.8, 4) is 0 Å². The SMILES string of the molecule is COC(=O)/C=C/c1ccc2c(c1)CC1CCC(C2)C1N. The maximum absolute atomic E-state index is 11.2. The molecule has 1 aromatic carbocycles. The number of fused-ring (bicyclic) bond motifs is 3. The monoisotopic (exact) mass is 271 g/mol. The molecular weight excluding hydrogens is 250 g/mol. The topological polar surface area (TPSA) is 52.3 Å². The summed E-state index contributed by atoms with van der Waals surface area (Å²) in [6, 6.07) is 6.82. The molecule has 2 aliphatic carbocycles. The van der Waals surface area contributed by atoms with Crippen LogP contribution in [0.5, 0.6) is 0 Å². The molecule has 2 bridgehead atoms. The van der Waals surface area contributed by atoms with Gasteiger partial charge in [-0.1, -0.05) is 18.2 Å². The summed E-state index contributed by atoms with van der Waals surface area (Å²) in [6.07, 6.45) is 8.00. The second kappa shape index (κ2) is 5.41. The lowest BCUT2D eigenvalue weighted by Crippen LogP contribution is -2.31. The summed E-state index contributed by atoms with van der Waals surface area (Å²) in [5, 5.41) is 0. The largest absolute Gasteiger partial charge is 0.466 e. The number of rotatable bonds is 2. The number of carbonyl (C=O) groups excluding carboxylic acids is 1. The fourth-order valence-electron chi connectivity index (χ4n) is 3.61. The van der Waals surface area contributed by atoms with Crippen molar-refractivity contribution in [3.05, 3.63) is 41.0 Å². The van der Waals surface area contributed by atoms with Crippen molar-refractivity contribution in [1.29, 1.82) is 0 Å². The van der Waals surface area contributed by atoms with E-state index in [0.717, 1.165) is 18.4 Å². The van der Waals surface area contributed by atoms with Gasteiger partial charge in [-0.3, -0.25) is 0 Å². The van der Waals surface area contributed by atoms with Gasteiger partial charge in [0.05, 0.1) is 7.11 Å². The van der Waals surface area contributed by atoms with Gasteiger partial charge < -0.3 is 10.5 Å². The van der Waals surface area contributed by atoms with Crippen molar-refractivity contribution >= 4 is 12.0 Å². The summed E-state index contributed by atoms with van der Waals surface area (Å²) < 4.78 is 4.62. The van der Waals surface area contributed by atoms with Crippen LogP contribution >= 0.6 is 0 Å². The van der Waals surface area contributed by atoms with E-state index < -0.39 is 0 Å². The van der Waals surface area contributed by atoms with Gasteiger partial charge in [0.25, 0.3) is 0 Å². The molecule has 1 saturated carbocycles. The van der Waals surface area contributed by atoms with Crippen LogP contribution < -0.4 is 5.73 Å². The van der Waals surface area contributed by atoms with Gasteiger partial charge in [0, 0.05) is 12.1 Å². The van der Waals surface area contributed by atoms with Crippen LogP contribution in [0.25, 0.3) is 6.08 Å². The Bertz CT molecular complexity index is 550. The Labute approximate surface area is 119 Å². The van der Waals surface area contributed by atoms with E-state index in [4.69, 9.17) is 5.73 Å². The van der Waals surface area contributed by atoms with E-state index in [0.29, 0.717) is 17.9 Å². The summed E-state index contributed by atoms with van der Waals surface area (Å²) in [5.74, 6) is 0.958. The van der Waals surface area contributed by atoms with Crippen LogP contribution in [-0.4, -0.2) is 19.1 Å². The molecule has 106 valence electrons. The summed E-state index contributed by atoms with van der Waals surface area (Å²) >= 11 is 0. The van der Waals surface area contributed by atoms with E-state index in [9.17, 15) is 4.79 Å². The standard InChI is InChI=1S/C17H21NO2/c1-20-16(19)7-3-11-2-4-12-9-13-5-6-14(17(13)18)10-15(12)8-11/h2-4,7-8,13-14,17H,5-6,9-10,18H2,1H3/b7-3+. The van der Waals surface area contributed by atoms with Crippen LogP contribution in [0, 0.1) is 11.8 Å². The van der Waals surface area contributed by atoms with Gasteiger partial charge in [0.1, 0.15) is 0 Å². The molecule has 0 heterocycles. The average Bonchev–Trinajstić information content (AvgIpc) is 2.71. The summed E-state index contributed by atoms with van der Waals surface area (Å²) in [7, 11) is 1.39. The maximum atomic E-state index is 11.2. The van der Waals surface area contributed by atoms with Crippen molar-refractivity contribution in [2.45, 2.75) is 31.7 Å². The van der Waals surface area contributed by atoms with E-state index >= 15 is 0 Å². The van der Waals surface area contributed by atoms with E-state index in [1.165, 1.54) is 37.2 Å². The van der Waals surface area contributed by atoms with E-state index in [1.807, 2.05) is 6.08 Å². The first-order valence-corrected chi connectivity index (χ1v) is 7.31. The van der Waals surface area contributed by atoms with Crippen molar-refractivity contribution in [2.24, 2.45) is 17.6 Å². The third-order valence-electron chi connectivity index (χ3n) is 4.80. The first-order valence-electron chi connectivity index (χ1n) is 7.31. The molecule has 1 aromatic rings. The number of methoxy groups -OCH3 is 1. The number of nitrogens with two attached hydrogens (primary N) is 1. The van der Waals surface area contributed by atoms with E-state index in [2.05, 4.69) is 22.9 Å². The molecule has 0 radical (unpaired) electrons. The fourth-order valence-corrected chi connectivity index (χ4v) is 3.61. The molecule has 2 N–H and O–H groups in total. The van der Waals surface area contributed by atoms with Crippen LogP contribution in [0.3, 0.4) is 0 Å². The third kappa shape index (κ3) is 2.50. The smallest absolute Gasteiger partial charge is 0.330 e. The highest BCUT2D eigenvalue weighted by Gasteiger charge is 2.36.